The molecular formula is C14H21NO3. The van der Waals surface area contributed by atoms with E-state index in [0.717, 1.165) is 5.56 Å². The van der Waals surface area contributed by atoms with Crippen LogP contribution < -0.4 is 10.1 Å². The second-order valence-corrected chi connectivity index (χ2v) is 5.06. The first-order chi connectivity index (χ1) is 8.31. The van der Waals surface area contributed by atoms with Gasteiger partial charge in [-0.25, -0.2) is 4.79 Å². The van der Waals surface area contributed by atoms with E-state index in [0.29, 0.717) is 18.0 Å². The summed E-state index contributed by atoms with van der Waals surface area (Å²) in [5.74, 6) is 0.656. The lowest BCUT2D eigenvalue weighted by molar-refractivity contribution is 0.0635. The van der Waals surface area contributed by atoms with Gasteiger partial charge in [-0.1, -0.05) is 6.07 Å². The van der Waals surface area contributed by atoms with E-state index in [2.05, 4.69) is 5.32 Å². The van der Waals surface area contributed by atoms with Crippen molar-refractivity contribution in [2.45, 2.75) is 40.2 Å². The second kappa shape index (κ2) is 5.76. The molecule has 1 amide bonds. The quantitative estimate of drug-likeness (QED) is 0.890. The maximum atomic E-state index is 11.7. The Labute approximate surface area is 108 Å². The predicted molar refractivity (Wildman–Crippen MR) is 72.2 cm³/mol. The molecule has 18 heavy (non-hydrogen) atoms. The molecule has 0 aromatic heterocycles. The molecular weight excluding hydrogens is 230 g/mol. The van der Waals surface area contributed by atoms with Gasteiger partial charge in [0.2, 0.25) is 0 Å². The topological polar surface area (TPSA) is 47.6 Å². The molecule has 0 bridgehead atoms. The highest BCUT2D eigenvalue weighted by Crippen LogP contribution is 2.26. The maximum absolute atomic E-state index is 11.7. The fourth-order valence-corrected chi connectivity index (χ4v) is 1.42. The highest BCUT2D eigenvalue weighted by atomic mass is 16.6. The molecule has 0 aliphatic carbocycles. The van der Waals surface area contributed by atoms with Crippen LogP contribution in [0.1, 0.15) is 33.3 Å². The van der Waals surface area contributed by atoms with E-state index in [1.807, 2.05) is 52.8 Å². The summed E-state index contributed by atoms with van der Waals surface area (Å²) in [5.41, 5.74) is 1.19. The zero-order chi connectivity index (χ0) is 13.8. The molecule has 4 nitrogen and oxygen atoms in total. The van der Waals surface area contributed by atoms with Crippen LogP contribution in [-0.2, 0) is 4.74 Å². The first kappa shape index (κ1) is 14.4. The summed E-state index contributed by atoms with van der Waals surface area (Å²) < 4.78 is 10.7. The van der Waals surface area contributed by atoms with Crippen LogP contribution in [0.4, 0.5) is 10.5 Å². The van der Waals surface area contributed by atoms with Crippen molar-refractivity contribution in [2.75, 3.05) is 11.9 Å². The normalized spacial score (nSPS) is 10.9. The minimum absolute atomic E-state index is 0.479. The van der Waals surface area contributed by atoms with Crippen molar-refractivity contribution in [3.8, 4) is 5.75 Å². The van der Waals surface area contributed by atoms with Crippen molar-refractivity contribution in [3.63, 3.8) is 0 Å². The molecule has 0 radical (unpaired) electrons. The van der Waals surface area contributed by atoms with Gasteiger partial charge >= 0.3 is 6.09 Å². The third kappa shape index (κ3) is 4.65. The van der Waals surface area contributed by atoms with Gasteiger partial charge in [0.05, 0.1) is 12.3 Å². The smallest absolute Gasteiger partial charge is 0.412 e. The summed E-state index contributed by atoms with van der Waals surface area (Å²) in [6, 6.07) is 5.61. The van der Waals surface area contributed by atoms with Gasteiger partial charge in [0.25, 0.3) is 0 Å². The van der Waals surface area contributed by atoms with Gasteiger partial charge in [0.1, 0.15) is 11.4 Å². The molecule has 0 spiro atoms. The number of hydrogen-bond acceptors (Lipinski definition) is 3. The van der Waals surface area contributed by atoms with Crippen LogP contribution in [-0.4, -0.2) is 18.3 Å². The molecule has 1 N–H and O–H groups in total. The van der Waals surface area contributed by atoms with E-state index in [1.54, 1.807) is 0 Å². The molecule has 4 heteroatoms. The molecule has 0 unspecified atom stereocenters. The van der Waals surface area contributed by atoms with Gasteiger partial charge in [0, 0.05) is 0 Å². The van der Waals surface area contributed by atoms with Crippen LogP contribution in [0.5, 0.6) is 5.75 Å². The standard InChI is InChI=1S/C14H21NO3/c1-6-17-12-9-10(2)7-8-11(12)15-13(16)18-14(3,4)5/h7-9H,6H2,1-5H3,(H,15,16). The first-order valence-electron chi connectivity index (χ1n) is 6.05. The number of carbonyl (C=O) groups is 1. The van der Waals surface area contributed by atoms with Crippen molar-refractivity contribution < 1.29 is 14.3 Å². The zero-order valence-corrected chi connectivity index (χ0v) is 11.7. The average Bonchev–Trinajstić information content (AvgIpc) is 2.20. The van der Waals surface area contributed by atoms with Gasteiger partial charge in [-0.15, -0.1) is 0 Å². The number of rotatable bonds is 3. The SMILES string of the molecule is CCOc1cc(C)ccc1NC(=O)OC(C)(C)C. The average molecular weight is 251 g/mol. The third-order valence-electron chi connectivity index (χ3n) is 2.07. The molecule has 0 saturated carbocycles. The maximum Gasteiger partial charge on any atom is 0.412 e. The molecule has 1 rings (SSSR count). The van der Waals surface area contributed by atoms with Gasteiger partial charge in [-0.05, 0) is 52.3 Å². The van der Waals surface area contributed by atoms with Crippen molar-refractivity contribution >= 4 is 11.8 Å². The number of amides is 1. The highest BCUT2D eigenvalue weighted by Gasteiger charge is 2.17. The molecule has 0 saturated heterocycles. The molecule has 1 aromatic carbocycles. The van der Waals surface area contributed by atoms with Crippen LogP contribution in [0.2, 0.25) is 0 Å². The van der Waals surface area contributed by atoms with Crippen LogP contribution in [0.3, 0.4) is 0 Å². The summed E-state index contributed by atoms with van der Waals surface area (Å²) in [6.07, 6.45) is -0.479. The first-order valence-corrected chi connectivity index (χ1v) is 6.05. The van der Waals surface area contributed by atoms with Crippen molar-refractivity contribution in [2.24, 2.45) is 0 Å². The molecule has 100 valence electrons. The summed E-state index contributed by atoms with van der Waals surface area (Å²) in [7, 11) is 0. The minimum Gasteiger partial charge on any atom is -0.492 e. The Bertz CT molecular complexity index is 422. The molecule has 0 aliphatic rings. The summed E-state index contributed by atoms with van der Waals surface area (Å²) >= 11 is 0. The van der Waals surface area contributed by atoms with Crippen LogP contribution in [0.15, 0.2) is 18.2 Å². The Morgan fingerprint density at radius 2 is 2.00 bits per heavy atom. The minimum atomic E-state index is -0.513. The third-order valence-corrected chi connectivity index (χ3v) is 2.07. The van der Waals surface area contributed by atoms with Crippen molar-refractivity contribution in [1.29, 1.82) is 0 Å². The van der Waals surface area contributed by atoms with E-state index in [1.165, 1.54) is 0 Å². The van der Waals surface area contributed by atoms with Gasteiger partial charge in [-0.3, -0.25) is 5.32 Å². The summed E-state index contributed by atoms with van der Waals surface area (Å²) in [4.78, 5) is 11.7. The lowest BCUT2D eigenvalue weighted by Crippen LogP contribution is -2.27. The van der Waals surface area contributed by atoms with Crippen LogP contribution in [0.25, 0.3) is 0 Å². The molecule has 0 heterocycles. The Balaban J connectivity index is 2.80. The number of ether oxygens (including phenoxy) is 2. The van der Waals surface area contributed by atoms with Crippen LogP contribution >= 0.6 is 0 Å². The highest BCUT2D eigenvalue weighted by molar-refractivity contribution is 5.87. The number of aryl methyl sites for hydroxylation is 1. The fourth-order valence-electron chi connectivity index (χ4n) is 1.42. The Hall–Kier alpha value is -1.71. The Morgan fingerprint density at radius 3 is 2.56 bits per heavy atom. The van der Waals surface area contributed by atoms with E-state index in [9.17, 15) is 4.79 Å². The van der Waals surface area contributed by atoms with E-state index in [4.69, 9.17) is 9.47 Å². The van der Waals surface area contributed by atoms with Gasteiger partial charge in [0.15, 0.2) is 0 Å². The monoisotopic (exact) mass is 251 g/mol. The van der Waals surface area contributed by atoms with E-state index in [-0.39, 0.29) is 0 Å². The fraction of sp³-hybridized carbons (Fsp3) is 0.500. The van der Waals surface area contributed by atoms with Gasteiger partial charge < -0.3 is 9.47 Å². The molecule has 1 aromatic rings. The lowest BCUT2D eigenvalue weighted by atomic mass is 10.2. The number of anilines is 1. The Kier molecular flexibility index (Phi) is 4.59. The van der Waals surface area contributed by atoms with Crippen LogP contribution in [0, 0.1) is 6.92 Å². The molecule has 0 aliphatic heterocycles. The number of benzene rings is 1. The van der Waals surface area contributed by atoms with Crippen molar-refractivity contribution in [3.05, 3.63) is 23.8 Å². The largest absolute Gasteiger partial charge is 0.492 e. The number of carbonyl (C=O) groups excluding carboxylic acids is 1. The van der Waals surface area contributed by atoms with Gasteiger partial charge in [-0.2, -0.15) is 0 Å². The second-order valence-electron chi connectivity index (χ2n) is 5.06. The molecule has 0 fully saturated rings. The predicted octanol–water partition coefficient (Wildman–Crippen LogP) is 3.74. The van der Waals surface area contributed by atoms with E-state index >= 15 is 0 Å². The summed E-state index contributed by atoms with van der Waals surface area (Å²) in [6.45, 7) is 9.90. The van der Waals surface area contributed by atoms with E-state index < -0.39 is 11.7 Å². The summed E-state index contributed by atoms with van der Waals surface area (Å²) in [5, 5.41) is 2.69. The van der Waals surface area contributed by atoms with Crippen molar-refractivity contribution in [1.82, 2.24) is 0 Å². The number of hydrogen-bond donors (Lipinski definition) is 1. The molecule has 0 atom stereocenters. The Morgan fingerprint density at radius 1 is 1.33 bits per heavy atom. The lowest BCUT2D eigenvalue weighted by Gasteiger charge is -2.20. The zero-order valence-electron chi connectivity index (χ0n) is 11.7. The number of nitrogens with one attached hydrogen (secondary N) is 1.